The van der Waals surface area contributed by atoms with Gasteiger partial charge in [0.25, 0.3) is 0 Å². The van der Waals surface area contributed by atoms with Crippen LogP contribution in [0.5, 0.6) is 0 Å². The van der Waals surface area contributed by atoms with E-state index < -0.39 is 0 Å². The summed E-state index contributed by atoms with van der Waals surface area (Å²) in [7, 11) is 0. The molecule has 6 heteroatoms. The Balaban J connectivity index is 1.73. The van der Waals surface area contributed by atoms with Crippen molar-refractivity contribution in [3.63, 3.8) is 0 Å². The number of anilines is 3. The van der Waals surface area contributed by atoms with Gasteiger partial charge in [0.1, 0.15) is 5.82 Å². The molecule has 0 amide bonds. The van der Waals surface area contributed by atoms with Crippen LogP contribution in [0.2, 0.25) is 5.02 Å². The Kier molecular flexibility index (Phi) is 4.68. The molecule has 23 heavy (non-hydrogen) atoms. The van der Waals surface area contributed by atoms with Gasteiger partial charge in [-0.05, 0) is 42.8 Å². The van der Waals surface area contributed by atoms with Gasteiger partial charge in [-0.15, -0.1) is 0 Å². The van der Waals surface area contributed by atoms with Crippen molar-refractivity contribution in [2.45, 2.75) is 13.5 Å². The van der Waals surface area contributed by atoms with Gasteiger partial charge in [-0.25, -0.2) is 4.98 Å². The van der Waals surface area contributed by atoms with E-state index in [0.717, 1.165) is 22.8 Å². The zero-order chi connectivity index (χ0) is 16.1. The molecule has 0 fully saturated rings. The maximum absolute atomic E-state index is 5.99. The van der Waals surface area contributed by atoms with E-state index in [4.69, 9.17) is 11.6 Å². The van der Waals surface area contributed by atoms with Crippen LogP contribution in [-0.4, -0.2) is 15.0 Å². The molecular weight excluding hydrogens is 310 g/mol. The molecule has 116 valence electrons. The smallest absolute Gasteiger partial charge is 0.229 e. The number of nitrogens with one attached hydrogen (secondary N) is 2. The van der Waals surface area contributed by atoms with Crippen molar-refractivity contribution in [1.82, 2.24) is 15.0 Å². The molecule has 5 nitrogen and oxygen atoms in total. The van der Waals surface area contributed by atoms with Crippen molar-refractivity contribution < 1.29 is 0 Å². The molecule has 1 aromatic carbocycles. The summed E-state index contributed by atoms with van der Waals surface area (Å²) >= 11 is 5.99. The molecule has 0 spiro atoms. The van der Waals surface area contributed by atoms with Crippen molar-refractivity contribution >= 4 is 29.1 Å². The predicted molar refractivity (Wildman–Crippen MR) is 93.1 cm³/mol. The van der Waals surface area contributed by atoms with Gasteiger partial charge >= 0.3 is 0 Å². The van der Waals surface area contributed by atoms with Crippen molar-refractivity contribution in [2.24, 2.45) is 0 Å². The second-order valence-corrected chi connectivity index (χ2v) is 5.50. The van der Waals surface area contributed by atoms with E-state index in [9.17, 15) is 0 Å². The molecule has 0 aliphatic heterocycles. The predicted octanol–water partition coefficient (Wildman–Crippen LogP) is 4.19. The Labute approximate surface area is 139 Å². The van der Waals surface area contributed by atoms with E-state index >= 15 is 0 Å². The molecule has 0 aliphatic carbocycles. The average Bonchev–Trinajstić information content (AvgIpc) is 2.53. The van der Waals surface area contributed by atoms with Crippen molar-refractivity contribution in [3.8, 4) is 0 Å². The maximum Gasteiger partial charge on any atom is 0.229 e. The fraction of sp³-hybridized carbons (Fsp3) is 0.118. The maximum atomic E-state index is 5.99. The Hall–Kier alpha value is -2.66. The van der Waals surface area contributed by atoms with Gasteiger partial charge < -0.3 is 10.6 Å². The van der Waals surface area contributed by atoms with E-state index in [0.29, 0.717) is 17.5 Å². The van der Waals surface area contributed by atoms with Crippen LogP contribution < -0.4 is 10.6 Å². The monoisotopic (exact) mass is 325 g/mol. The minimum absolute atomic E-state index is 0.532. The summed E-state index contributed by atoms with van der Waals surface area (Å²) in [6, 6.07) is 13.3. The number of aromatic nitrogens is 3. The molecule has 0 radical (unpaired) electrons. The van der Waals surface area contributed by atoms with E-state index in [2.05, 4.69) is 25.6 Å². The molecular formula is C17H16ClN5. The average molecular weight is 326 g/mol. The Morgan fingerprint density at radius 3 is 2.65 bits per heavy atom. The van der Waals surface area contributed by atoms with Crippen LogP contribution in [0.3, 0.4) is 0 Å². The molecule has 0 saturated carbocycles. The van der Waals surface area contributed by atoms with Gasteiger partial charge in [0.15, 0.2) is 0 Å². The van der Waals surface area contributed by atoms with E-state index in [1.165, 1.54) is 0 Å². The third-order valence-electron chi connectivity index (χ3n) is 3.16. The summed E-state index contributed by atoms with van der Waals surface area (Å²) in [5.74, 6) is 1.29. The summed E-state index contributed by atoms with van der Waals surface area (Å²) in [6.07, 6.45) is 3.54. The van der Waals surface area contributed by atoms with E-state index in [-0.39, 0.29) is 0 Å². The lowest BCUT2D eigenvalue weighted by atomic mass is 10.3. The SMILES string of the molecule is Cc1cc(NCc2ccncc2)nc(Nc2cccc(Cl)c2)n1. The second kappa shape index (κ2) is 7.07. The molecule has 0 unspecified atom stereocenters. The molecule has 0 saturated heterocycles. The van der Waals surface area contributed by atoms with Gasteiger partial charge in [0.2, 0.25) is 5.95 Å². The first-order valence-electron chi connectivity index (χ1n) is 7.20. The van der Waals surface area contributed by atoms with Crippen LogP contribution in [0, 0.1) is 6.92 Å². The fourth-order valence-electron chi connectivity index (χ4n) is 2.10. The highest BCUT2D eigenvalue weighted by molar-refractivity contribution is 6.30. The van der Waals surface area contributed by atoms with Gasteiger partial charge in [0.05, 0.1) is 0 Å². The first-order chi connectivity index (χ1) is 11.2. The standard InChI is InChI=1S/C17H16ClN5/c1-12-9-16(20-11-13-5-7-19-8-6-13)23-17(21-12)22-15-4-2-3-14(18)10-15/h2-10H,11H2,1H3,(H2,20,21,22,23). The highest BCUT2D eigenvalue weighted by Crippen LogP contribution is 2.19. The number of pyridine rings is 1. The molecule has 2 heterocycles. The highest BCUT2D eigenvalue weighted by atomic mass is 35.5. The molecule has 0 aliphatic rings. The minimum atomic E-state index is 0.532. The second-order valence-electron chi connectivity index (χ2n) is 5.06. The van der Waals surface area contributed by atoms with Gasteiger partial charge in [-0.1, -0.05) is 17.7 Å². The quantitative estimate of drug-likeness (QED) is 0.736. The van der Waals surface area contributed by atoms with Crippen LogP contribution in [-0.2, 0) is 6.54 Å². The van der Waals surface area contributed by atoms with Crippen LogP contribution in [0.4, 0.5) is 17.5 Å². The van der Waals surface area contributed by atoms with Crippen molar-refractivity contribution in [1.29, 1.82) is 0 Å². The van der Waals surface area contributed by atoms with Crippen molar-refractivity contribution in [2.75, 3.05) is 10.6 Å². The zero-order valence-corrected chi connectivity index (χ0v) is 13.4. The first-order valence-corrected chi connectivity index (χ1v) is 7.58. The lowest BCUT2D eigenvalue weighted by Crippen LogP contribution is -2.05. The third-order valence-corrected chi connectivity index (χ3v) is 3.39. The summed E-state index contributed by atoms with van der Waals surface area (Å²) in [6.45, 7) is 2.61. The molecule has 2 aromatic heterocycles. The van der Waals surface area contributed by atoms with Crippen molar-refractivity contribution in [3.05, 3.63) is 71.1 Å². The zero-order valence-electron chi connectivity index (χ0n) is 12.6. The lowest BCUT2D eigenvalue weighted by molar-refractivity contribution is 1.05. The summed E-state index contributed by atoms with van der Waals surface area (Å²) in [5, 5.41) is 7.13. The molecule has 3 rings (SSSR count). The number of rotatable bonds is 5. The minimum Gasteiger partial charge on any atom is -0.366 e. The lowest BCUT2D eigenvalue weighted by Gasteiger charge is -2.10. The number of hydrogen-bond donors (Lipinski definition) is 2. The fourth-order valence-corrected chi connectivity index (χ4v) is 2.29. The normalized spacial score (nSPS) is 10.3. The first kappa shape index (κ1) is 15.2. The molecule has 0 atom stereocenters. The van der Waals surface area contributed by atoms with Gasteiger partial charge in [-0.3, -0.25) is 4.98 Å². The molecule has 2 N–H and O–H groups in total. The third kappa shape index (κ3) is 4.40. The van der Waals surface area contributed by atoms with Gasteiger partial charge in [0, 0.05) is 41.4 Å². The van der Waals surface area contributed by atoms with E-state index in [1.54, 1.807) is 12.4 Å². The van der Waals surface area contributed by atoms with Crippen LogP contribution >= 0.6 is 11.6 Å². The Morgan fingerprint density at radius 2 is 1.87 bits per heavy atom. The number of halogens is 1. The molecule has 3 aromatic rings. The largest absolute Gasteiger partial charge is 0.366 e. The van der Waals surface area contributed by atoms with E-state index in [1.807, 2.05) is 49.4 Å². The summed E-state index contributed by atoms with van der Waals surface area (Å²) in [4.78, 5) is 12.9. The van der Waals surface area contributed by atoms with Crippen LogP contribution in [0.1, 0.15) is 11.3 Å². The Morgan fingerprint density at radius 1 is 1.04 bits per heavy atom. The number of benzene rings is 1. The molecule has 0 bridgehead atoms. The van der Waals surface area contributed by atoms with Gasteiger partial charge in [-0.2, -0.15) is 4.98 Å². The number of nitrogens with zero attached hydrogens (tertiary/aromatic N) is 3. The highest BCUT2D eigenvalue weighted by Gasteiger charge is 2.03. The number of hydrogen-bond acceptors (Lipinski definition) is 5. The van der Waals surface area contributed by atoms with Crippen LogP contribution in [0.25, 0.3) is 0 Å². The topological polar surface area (TPSA) is 62.7 Å². The number of aryl methyl sites for hydroxylation is 1. The Bertz CT molecular complexity index is 792. The van der Waals surface area contributed by atoms with Crippen LogP contribution in [0.15, 0.2) is 54.9 Å². The summed E-state index contributed by atoms with van der Waals surface area (Å²) in [5.41, 5.74) is 2.87. The summed E-state index contributed by atoms with van der Waals surface area (Å²) < 4.78 is 0.